The van der Waals surface area contributed by atoms with E-state index in [2.05, 4.69) is 36.3 Å². The SMILES string of the molecule is CC.CC.CC.CC(C)c1cc2ncc3cc(-c4ccccc4F)c(-c4ccc(C5CC(C)(O)C5)cc4)nc3n2n1.O=C1NC(=O)c2ccccc21. The van der Waals surface area contributed by atoms with Crippen LogP contribution in [0, 0.1) is 5.82 Å². The first-order valence-corrected chi connectivity index (χ1v) is 18.3. The standard InChI is InChI=1S/C29H27FN4O.C8H5NO2.3C2H6/c1-17(2)25-13-26-31-16-20-12-23(22-6-4-5-7-24(22)30)27(32-28(20)34(26)33-25)19-10-8-18(9-11-19)21-14-29(3,35)15-21;10-7-5-3-1-2-4-6(5)8(11)9-7;3*1-2/h4-13,16-17,21,35H,14-15H2,1-3H3;1-4H,(H,9,10,11);3*1-2H3. The molecule has 0 atom stereocenters. The molecule has 1 aliphatic heterocycles. The van der Waals surface area contributed by atoms with Gasteiger partial charge in [-0.05, 0) is 61.4 Å². The smallest absolute Gasteiger partial charge is 0.258 e. The minimum absolute atomic E-state index is 0.267. The van der Waals surface area contributed by atoms with Crippen molar-refractivity contribution in [1.82, 2.24) is 24.9 Å². The number of benzene rings is 3. The number of hydrogen-bond donors (Lipinski definition) is 2. The number of halogens is 1. The molecule has 0 saturated heterocycles. The van der Waals surface area contributed by atoms with Gasteiger partial charge < -0.3 is 5.11 Å². The molecule has 1 saturated carbocycles. The van der Waals surface area contributed by atoms with E-state index >= 15 is 0 Å². The molecule has 3 aromatic carbocycles. The lowest BCUT2D eigenvalue weighted by atomic mass is 9.69. The zero-order chi connectivity index (χ0) is 38.2. The second-order valence-electron chi connectivity index (χ2n) is 12.6. The van der Waals surface area contributed by atoms with E-state index in [4.69, 9.17) is 10.1 Å². The van der Waals surface area contributed by atoms with Gasteiger partial charge in [0.05, 0.1) is 28.1 Å². The van der Waals surface area contributed by atoms with E-state index < -0.39 is 5.60 Å². The van der Waals surface area contributed by atoms with Gasteiger partial charge in [0.1, 0.15) is 5.82 Å². The van der Waals surface area contributed by atoms with Crippen LogP contribution in [0.15, 0.2) is 91.1 Å². The van der Waals surface area contributed by atoms with Crippen LogP contribution in [0.4, 0.5) is 4.39 Å². The van der Waals surface area contributed by atoms with Gasteiger partial charge in [0.25, 0.3) is 11.8 Å². The Kier molecular flexibility index (Phi) is 13.1. The van der Waals surface area contributed by atoms with Crippen molar-refractivity contribution < 1.29 is 19.1 Å². The normalized spacial score (nSPS) is 16.9. The maximum Gasteiger partial charge on any atom is 0.258 e. The third-order valence-corrected chi connectivity index (χ3v) is 8.70. The highest BCUT2D eigenvalue weighted by Gasteiger charge is 2.39. The molecule has 6 aromatic rings. The quantitative estimate of drug-likeness (QED) is 0.177. The predicted molar refractivity (Wildman–Crippen MR) is 208 cm³/mol. The third-order valence-electron chi connectivity index (χ3n) is 8.70. The Labute approximate surface area is 306 Å². The summed E-state index contributed by atoms with van der Waals surface area (Å²) in [7, 11) is 0. The zero-order valence-electron chi connectivity index (χ0n) is 31.7. The van der Waals surface area contributed by atoms with E-state index in [0.717, 1.165) is 35.1 Å². The largest absolute Gasteiger partial charge is 0.390 e. The molecule has 2 amide bonds. The number of nitrogens with zero attached hydrogens (tertiary/aromatic N) is 4. The Morgan fingerprint density at radius 3 is 1.90 bits per heavy atom. The molecule has 1 aliphatic carbocycles. The number of pyridine rings is 1. The van der Waals surface area contributed by atoms with Crippen molar-refractivity contribution in [3.8, 4) is 22.4 Å². The fourth-order valence-corrected chi connectivity index (χ4v) is 6.21. The van der Waals surface area contributed by atoms with Crippen LogP contribution in [0.5, 0.6) is 0 Å². The topological polar surface area (TPSA) is 109 Å². The number of fused-ring (bicyclic) bond motifs is 4. The number of imide groups is 1. The molecule has 0 spiro atoms. The summed E-state index contributed by atoms with van der Waals surface area (Å²) in [6.45, 7) is 18.1. The van der Waals surface area contributed by atoms with Crippen molar-refractivity contribution in [3.05, 3.63) is 119 Å². The molecular formula is C43H50FN5O3. The molecule has 8 rings (SSSR count). The Morgan fingerprint density at radius 2 is 1.37 bits per heavy atom. The van der Waals surface area contributed by atoms with Gasteiger partial charge in [0.15, 0.2) is 11.3 Å². The first-order chi connectivity index (χ1) is 25.1. The number of hydrogen-bond acceptors (Lipinski definition) is 6. The van der Waals surface area contributed by atoms with Crippen molar-refractivity contribution in [2.24, 2.45) is 0 Å². The maximum atomic E-state index is 14.9. The molecule has 8 nitrogen and oxygen atoms in total. The van der Waals surface area contributed by atoms with Crippen LogP contribution in [0.2, 0.25) is 0 Å². The Morgan fingerprint density at radius 1 is 0.808 bits per heavy atom. The number of aliphatic hydroxyl groups is 1. The summed E-state index contributed by atoms with van der Waals surface area (Å²) in [6, 6.07) is 25.7. The van der Waals surface area contributed by atoms with Crippen molar-refractivity contribution in [3.63, 3.8) is 0 Å². The Balaban J connectivity index is 0.000000298. The lowest BCUT2D eigenvalue weighted by Gasteiger charge is -2.41. The van der Waals surface area contributed by atoms with Gasteiger partial charge in [-0.25, -0.2) is 14.4 Å². The summed E-state index contributed by atoms with van der Waals surface area (Å²) in [6.07, 6.45) is 3.32. The van der Waals surface area contributed by atoms with E-state index in [1.54, 1.807) is 47.1 Å². The van der Waals surface area contributed by atoms with Crippen LogP contribution in [-0.2, 0) is 0 Å². The first-order valence-electron chi connectivity index (χ1n) is 18.3. The number of carbonyl (C=O) groups is 2. The van der Waals surface area contributed by atoms with Gasteiger partial charge >= 0.3 is 0 Å². The van der Waals surface area contributed by atoms with Crippen molar-refractivity contribution in [2.45, 2.75) is 92.6 Å². The van der Waals surface area contributed by atoms with Gasteiger partial charge in [-0.15, -0.1) is 0 Å². The van der Waals surface area contributed by atoms with Crippen LogP contribution < -0.4 is 5.32 Å². The zero-order valence-corrected chi connectivity index (χ0v) is 31.7. The van der Waals surface area contributed by atoms with E-state index in [-0.39, 0.29) is 23.5 Å². The van der Waals surface area contributed by atoms with Crippen LogP contribution in [0.1, 0.15) is 119 Å². The monoisotopic (exact) mass is 703 g/mol. The number of carbonyl (C=O) groups excluding carboxylic acids is 2. The molecule has 52 heavy (non-hydrogen) atoms. The second kappa shape index (κ2) is 17.3. The van der Waals surface area contributed by atoms with Gasteiger partial charge in [-0.2, -0.15) is 9.61 Å². The molecule has 0 bridgehead atoms. The maximum absolute atomic E-state index is 14.9. The highest BCUT2D eigenvalue weighted by atomic mass is 19.1. The molecule has 1 fully saturated rings. The first kappa shape index (κ1) is 39.5. The van der Waals surface area contributed by atoms with Crippen LogP contribution in [-0.4, -0.2) is 42.1 Å². The molecule has 4 heterocycles. The number of aromatic nitrogens is 4. The highest BCUT2D eigenvalue weighted by Crippen LogP contribution is 2.45. The van der Waals surface area contributed by atoms with E-state index in [9.17, 15) is 19.1 Å². The molecular weight excluding hydrogens is 654 g/mol. The lowest BCUT2D eigenvalue weighted by molar-refractivity contribution is -0.0313. The summed E-state index contributed by atoms with van der Waals surface area (Å²) < 4.78 is 16.7. The molecule has 9 heteroatoms. The molecule has 0 unspecified atom stereocenters. The lowest BCUT2D eigenvalue weighted by Crippen LogP contribution is -2.39. The minimum atomic E-state index is -0.570. The van der Waals surface area contributed by atoms with Gasteiger partial charge in [0, 0.05) is 34.3 Å². The van der Waals surface area contributed by atoms with Crippen molar-refractivity contribution >= 4 is 28.5 Å². The predicted octanol–water partition coefficient (Wildman–Crippen LogP) is 10.2. The van der Waals surface area contributed by atoms with Crippen LogP contribution in [0.25, 0.3) is 39.1 Å². The van der Waals surface area contributed by atoms with Gasteiger partial charge in [0.2, 0.25) is 0 Å². The average molecular weight is 704 g/mol. The van der Waals surface area contributed by atoms with Crippen molar-refractivity contribution in [1.29, 1.82) is 0 Å². The Bertz CT molecular complexity index is 2110. The van der Waals surface area contributed by atoms with Gasteiger partial charge in [-0.1, -0.05) is 110 Å². The fraction of sp³-hybridized carbons (Fsp3) is 0.326. The third kappa shape index (κ3) is 8.26. The summed E-state index contributed by atoms with van der Waals surface area (Å²) in [5, 5.41) is 17.9. The summed E-state index contributed by atoms with van der Waals surface area (Å²) in [5.74, 6) is -0.266. The number of rotatable bonds is 4. The molecule has 2 aliphatic rings. The van der Waals surface area contributed by atoms with E-state index in [1.165, 1.54) is 11.6 Å². The Hall–Kier alpha value is -5.28. The summed E-state index contributed by atoms with van der Waals surface area (Å²) in [5.41, 5.74) is 6.77. The van der Waals surface area contributed by atoms with Gasteiger partial charge in [-0.3, -0.25) is 14.9 Å². The highest BCUT2D eigenvalue weighted by molar-refractivity contribution is 6.21. The average Bonchev–Trinajstić information content (AvgIpc) is 3.74. The fourth-order valence-electron chi connectivity index (χ4n) is 6.21. The van der Waals surface area contributed by atoms with Crippen LogP contribution in [0.3, 0.4) is 0 Å². The molecule has 0 radical (unpaired) electrons. The minimum Gasteiger partial charge on any atom is -0.390 e. The summed E-state index contributed by atoms with van der Waals surface area (Å²) >= 11 is 0. The molecule has 3 aromatic heterocycles. The summed E-state index contributed by atoms with van der Waals surface area (Å²) in [4.78, 5) is 31.5. The number of nitrogens with one attached hydrogen (secondary N) is 1. The van der Waals surface area contributed by atoms with Crippen LogP contribution >= 0.6 is 0 Å². The molecule has 2 N–H and O–H groups in total. The van der Waals surface area contributed by atoms with Crippen molar-refractivity contribution in [2.75, 3.05) is 0 Å². The number of amides is 2. The molecule has 272 valence electrons. The van der Waals surface area contributed by atoms with E-state index in [1.807, 2.05) is 78.8 Å². The second-order valence-corrected chi connectivity index (χ2v) is 12.6. The van der Waals surface area contributed by atoms with E-state index in [0.29, 0.717) is 39.5 Å².